The van der Waals surface area contributed by atoms with Gasteiger partial charge < -0.3 is 20.9 Å². The molecule has 2 aromatic carbocycles. The maximum absolute atomic E-state index is 11.2. The van der Waals surface area contributed by atoms with Gasteiger partial charge in [-0.3, -0.25) is 0 Å². The number of hydrogen-bond acceptors (Lipinski definition) is 4. The second-order valence-electron chi connectivity index (χ2n) is 4.64. The summed E-state index contributed by atoms with van der Waals surface area (Å²) in [5.74, 6) is -0.173. The number of nitrogens with two attached hydrogens (primary N) is 1. The number of ether oxygens (including phenoxy) is 1. The molecule has 21 heavy (non-hydrogen) atoms. The van der Waals surface area contributed by atoms with Crippen molar-refractivity contribution in [1.82, 2.24) is 0 Å². The van der Waals surface area contributed by atoms with Crippen molar-refractivity contribution >= 4 is 17.3 Å². The molecule has 0 heterocycles. The molecular formula is C16H18N2O3. The molecule has 0 aliphatic rings. The third kappa shape index (κ3) is 3.89. The highest BCUT2D eigenvalue weighted by Gasteiger charge is 2.09. The Bertz CT molecular complexity index is 624. The normalized spacial score (nSPS) is 10.1. The molecule has 2 rings (SSSR count). The molecule has 0 aromatic heterocycles. The minimum Gasteiger partial charge on any atom is -0.497 e. The first-order valence-corrected chi connectivity index (χ1v) is 6.60. The first-order valence-electron chi connectivity index (χ1n) is 6.60. The van der Waals surface area contributed by atoms with E-state index >= 15 is 0 Å². The lowest BCUT2D eigenvalue weighted by Crippen LogP contribution is -2.10. The van der Waals surface area contributed by atoms with Crippen LogP contribution >= 0.6 is 0 Å². The van der Waals surface area contributed by atoms with E-state index in [2.05, 4.69) is 5.32 Å². The van der Waals surface area contributed by atoms with Crippen LogP contribution in [0.15, 0.2) is 42.5 Å². The van der Waals surface area contributed by atoms with E-state index in [0.29, 0.717) is 17.9 Å². The van der Waals surface area contributed by atoms with Crippen LogP contribution in [0, 0.1) is 0 Å². The number of anilines is 2. The number of carbonyl (C=O) groups is 1. The lowest BCUT2D eigenvalue weighted by Gasteiger charge is -2.10. The SMILES string of the molecule is COc1ccc(CCNc2ccc(N)cc2C(=O)O)cc1. The van der Waals surface area contributed by atoms with E-state index in [0.717, 1.165) is 17.7 Å². The molecule has 0 amide bonds. The van der Waals surface area contributed by atoms with Crippen LogP contribution in [0.1, 0.15) is 15.9 Å². The number of nitrogen functional groups attached to an aromatic ring is 1. The van der Waals surface area contributed by atoms with Gasteiger partial charge in [-0.05, 0) is 42.3 Å². The summed E-state index contributed by atoms with van der Waals surface area (Å²) in [7, 11) is 1.63. The molecule has 4 N–H and O–H groups in total. The van der Waals surface area contributed by atoms with Gasteiger partial charge in [-0.15, -0.1) is 0 Å². The Kier molecular flexibility index (Phi) is 4.66. The Balaban J connectivity index is 1.98. The maximum Gasteiger partial charge on any atom is 0.337 e. The monoisotopic (exact) mass is 286 g/mol. The van der Waals surface area contributed by atoms with Crippen molar-refractivity contribution in [2.75, 3.05) is 24.7 Å². The molecule has 0 saturated carbocycles. The highest BCUT2D eigenvalue weighted by Crippen LogP contribution is 2.19. The number of methoxy groups -OCH3 is 1. The highest BCUT2D eigenvalue weighted by atomic mass is 16.5. The van der Waals surface area contributed by atoms with Gasteiger partial charge in [-0.2, -0.15) is 0 Å². The van der Waals surface area contributed by atoms with E-state index in [1.54, 1.807) is 19.2 Å². The number of carboxylic acids is 1. The molecule has 5 nitrogen and oxygen atoms in total. The van der Waals surface area contributed by atoms with Crippen LogP contribution in [0.5, 0.6) is 5.75 Å². The molecule has 0 unspecified atom stereocenters. The lowest BCUT2D eigenvalue weighted by molar-refractivity contribution is 0.0698. The predicted octanol–water partition coefficient (Wildman–Crippen LogP) is 2.63. The summed E-state index contributed by atoms with van der Waals surface area (Å²) in [5, 5.41) is 12.3. The van der Waals surface area contributed by atoms with Crippen molar-refractivity contribution < 1.29 is 14.6 Å². The predicted molar refractivity (Wildman–Crippen MR) is 83.0 cm³/mol. The summed E-state index contributed by atoms with van der Waals surface area (Å²) in [5.41, 5.74) is 7.96. The van der Waals surface area contributed by atoms with Crippen molar-refractivity contribution in [3.63, 3.8) is 0 Å². The van der Waals surface area contributed by atoms with Crippen LogP contribution in [0.3, 0.4) is 0 Å². The van der Waals surface area contributed by atoms with E-state index in [1.165, 1.54) is 6.07 Å². The van der Waals surface area contributed by atoms with E-state index < -0.39 is 5.97 Å². The van der Waals surface area contributed by atoms with Gasteiger partial charge >= 0.3 is 5.97 Å². The minimum atomic E-state index is -0.991. The number of rotatable bonds is 6. The van der Waals surface area contributed by atoms with Crippen molar-refractivity contribution in [2.45, 2.75) is 6.42 Å². The molecular weight excluding hydrogens is 268 g/mol. The Morgan fingerprint density at radius 1 is 1.24 bits per heavy atom. The lowest BCUT2D eigenvalue weighted by atomic mass is 10.1. The largest absolute Gasteiger partial charge is 0.497 e. The van der Waals surface area contributed by atoms with Gasteiger partial charge in [0.2, 0.25) is 0 Å². The van der Waals surface area contributed by atoms with Gasteiger partial charge in [0.25, 0.3) is 0 Å². The van der Waals surface area contributed by atoms with Crippen molar-refractivity contribution in [2.24, 2.45) is 0 Å². The Morgan fingerprint density at radius 3 is 2.57 bits per heavy atom. The average Bonchev–Trinajstić information content (AvgIpc) is 2.49. The van der Waals surface area contributed by atoms with Gasteiger partial charge in [0.1, 0.15) is 5.75 Å². The van der Waals surface area contributed by atoms with Crippen molar-refractivity contribution in [1.29, 1.82) is 0 Å². The molecule has 0 atom stereocenters. The first-order chi connectivity index (χ1) is 10.1. The number of aromatic carboxylic acids is 1. The number of benzene rings is 2. The van der Waals surface area contributed by atoms with Crippen LogP contribution in [0.4, 0.5) is 11.4 Å². The topological polar surface area (TPSA) is 84.6 Å². The molecule has 0 saturated heterocycles. The Morgan fingerprint density at radius 2 is 1.95 bits per heavy atom. The standard InChI is InChI=1S/C16H18N2O3/c1-21-13-5-2-11(3-6-13)8-9-18-15-7-4-12(17)10-14(15)16(19)20/h2-7,10,18H,8-9,17H2,1H3,(H,19,20). The second-order valence-corrected chi connectivity index (χ2v) is 4.64. The molecule has 0 aliphatic carbocycles. The first kappa shape index (κ1) is 14.7. The summed E-state index contributed by atoms with van der Waals surface area (Å²) in [4.78, 5) is 11.2. The zero-order valence-electron chi connectivity index (χ0n) is 11.8. The molecule has 0 radical (unpaired) electrons. The second kappa shape index (κ2) is 6.65. The fraction of sp³-hybridized carbons (Fsp3) is 0.188. The van der Waals surface area contributed by atoms with Crippen molar-refractivity contribution in [3.8, 4) is 5.75 Å². The third-order valence-corrected chi connectivity index (χ3v) is 3.16. The smallest absolute Gasteiger partial charge is 0.337 e. The maximum atomic E-state index is 11.2. The summed E-state index contributed by atoms with van der Waals surface area (Å²) >= 11 is 0. The average molecular weight is 286 g/mol. The molecule has 0 bridgehead atoms. The number of nitrogens with one attached hydrogen (secondary N) is 1. The summed E-state index contributed by atoms with van der Waals surface area (Å²) in [6.45, 7) is 0.635. The van der Waals surface area contributed by atoms with Gasteiger partial charge in [0, 0.05) is 17.9 Å². The van der Waals surface area contributed by atoms with Gasteiger partial charge in [-0.25, -0.2) is 4.79 Å². The van der Waals surface area contributed by atoms with E-state index in [-0.39, 0.29) is 5.56 Å². The van der Waals surface area contributed by atoms with Crippen LogP contribution in [0.2, 0.25) is 0 Å². The van der Waals surface area contributed by atoms with Gasteiger partial charge in [-0.1, -0.05) is 12.1 Å². The zero-order chi connectivity index (χ0) is 15.2. The van der Waals surface area contributed by atoms with Crippen molar-refractivity contribution in [3.05, 3.63) is 53.6 Å². The Labute approximate surface area is 123 Å². The summed E-state index contributed by atoms with van der Waals surface area (Å²) in [6, 6.07) is 12.6. The van der Waals surface area contributed by atoms with Crippen LogP contribution < -0.4 is 15.8 Å². The van der Waals surface area contributed by atoms with Gasteiger partial charge in [0.15, 0.2) is 0 Å². The van der Waals surface area contributed by atoms with E-state index in [9.17, 15) is 4.79 Å². The number of carboxylic acid groups (broad SMARTS) is 1. The summed E-state index contributed by atoms with van der Waals surface area (Å²) in [6.07, 6.45) is 0.785. The quantitative estimate of drug-likeness (QED) is 0.711. The zero-order valence-corrected chi connectivity index (χ0v) is 11.8. The molecule has 0 fully saturated rings. The molecule has 2 aromatic rings. The van der Waals surface area contributed by atoms with E-state index in [4.69, 9.17) is 15.6 Å². The third-order valence-electron chi connectivity index (χ3n) is 3.16. The van der Waals surface area contributed by atoms with Gasteiger partial charge in [0.05, 0.1) is 12.7 Å². The fourth-order valence-electron chi connectivity index (χ4n) is 2.03. The molecule has 110 valence electrons. The summed E-state index contributed by atoms with van der Waals surface area (Å²) < 4.78 is 5.10. The van der Waals surface area contributed by atoms with Crippen LogP contribution in [-0.4, -0.2) is 24.7 Å². The molecule has 0 aliphatic heterocycles. The van der Waals surface area contributed by atoms with Crippen LogP contribution in [0.25, 0.3) is 0 Å². The fourth-order valence-corrected chi connectivity index (χ4v) is 2.03. The minimum absolute atomic E-state index is 0.185. The van der Waals surface area contributed by atoms with E-state index in [1.807, 2.05) is 24.3 Å². The Hall–Kier alpha value is -2.69. The molecule has 0 spiro atoms. The van der Waals surface area contributed by atoms with Crippen LogP contribution in [-0.2, 0) is 6.42 Å². The highest BCUT2D eigenvalue weighted by molar-refractivity contribution is 5.95. The molecule has 5 heteroatoms. The number of hydrogen-bond donors (Lipinski definition) is 3.